The van der Waals surface area contributed by atoms with Gasteiger partial charge in [0.25, 0.3) is 0 Å². The van der Waals surface area contributed by atoms with Gasteiger partial charge >= 0.3 is 6.09 Å². The van der Waals surface area contributed by atoms with E-state index in [1.807, 2.05) is 40.0 Å². The Balaban J connectivity index is 1.71. The molecule has 1 aromatic heterocycles. The van der Waals surface area contributed by atoms with Crippen LogP contribution < -0.4 is 0 Å². The molecule has 0 saturated carbocycles. The van der Waals surface area contributed by atoms with Crippen molar-refractivity contribution < 1.29 is 13.9 Å². The number of fused-ring (bicyclic) bond motifs is 1. The van der Waals surface area contributed by atoms with Gasteiger partial charge in [0.1, 0.15) is 5.60 Å². The molecule has 182 valence electrons. The number of aryl methyl sites for hydroxylation is 3. The minimum atomic E-state index is -0.558. The Kier molecular flexibility index (Phi) is 6.86. The maximum atomic E-state index is 13.6. The highest BCUT2D eigenvalue weighted by Crippen LogP contribution is 2.37. The number of aromatic nitrogens is 1. The first kappa shape index (κ1) is 24.5. The van der Waals surface area contributed by atoms with Crippen molar-refractivity contribution in [1.29, 1.82) is 0 Å². The fraction of sp³-hybridized carbons (Fsp3) is 0.483. The topological polar surface area (TPSA) is 34.5 Å². The van der Waals surface area contributed by atoms with Gasteiger partial charge < -0.3 is 4.74 Å². The molecule has 1 aliphatic heterocycles. The Labute approximate surface area is 202 Å². The minimum absolute atomic E-state index is 0.106. The molecule has 0 N–H and O–H groups in total. The van der Waals surface area contributed by atoms with Crippen LogP contribution in [0, 0.1) is 26.7 Å². The molecular formula is C29H37FN2O2. The van der Waals surface area contributed by atoms with Gasteiger partial charge in [0.2, 0.25) is 0 Å². The van der Waals surface area contributed by atoms with Crippen molar-refractivity contribution in [3.8, 4) is 0 Å². The molecule has 1 fully saturated rings. The van der Waals surface area contributed by atoms with Crippen LogP contribution in [0.15, 0.2) is 42.6 Å². The Bertz CT molecular complexity index is 1170. The van der Waals surface area contributed by atoms with Crippen LogP contribution >= 0.6 is 0 Å². The predicted molar refractivity (Wildman–Crippen MR) is 136 cm³/mol. The van der Waals surface area contributed by atoms with Crippen LogP contribution in [0.25, 0.3) is 10.9 Å². The molecule has 1 saturated heterocycles. The van der Waals surface area contributed by atoms with Gasteiger partial charge in [-0.25, -0.2) is 4.79 Å². The van der Waals surface area contributed by atoms with Crippen LogP contribution in [-0.2, 0) is 11.3 Å². The Morgan fingerprint density at radius 3 is 2.44 bits per heavy atom. The van der Waals surface area contributed by atoms with Crippen molar-refractivity contribution in [3.63, 3.8) is 0 Å². The van der Waals surface area contributed by atoms with Crippen molar-refractivity contribution in [3.05, 3.63) is 70.4 Å². The predicted octanol–water partition coefficient (Wildman–Crippen LogP) is 7.27. The van der Waals surface area contributed by atoms with Gasteiger partial charge in [-0.3, -0.25) is 13.9 Å². The summed E-state index contributed by atoms with van der Waals surface area (Å²) >= 11 is 0. The Morgan fingerprint density at radius 1 is 1.09 bits per heavy atom. The summed E-state index contributed by atoms with van der Waals surface area (Å²) in [6, 6.07) is 13.0. The van der Waals surface area contributed by atoms with Crippen molar-refractivity contribution in [2.24, 2.45) is 5.92 Å². The number of alkyl halides is 1. The number of carbonyl (C=O) groups is 1. The van der Waals surface area contributed by atoms with Crippen molar-refractivity contribution in [2.45, 2.75) is 72.6 Å². The average Bonchev–Trinajstić information content (AvgIpc) is 3.22. The number of benzene rings is 2. The molecule has 5 heteroatoms. The number of likely N-dealkylation sites (tertiary alicyclic amines) is 1. The van der Waals surface area contributed by atoms with E-state index in [9.17, 15) is 9.18 Å². The van der Waals surface area contributed by atoms with Crippen LogP contribution in [0.3, 0.4) is 0 Å². The molecule has 1 aliphatic rings. The third-order valence-corrected chi connectivity index (χ3v) is 6.95. The molecule has 3 aromatic rings. The lowest BCUT2D eigenvalue weighted by Gasteiger charge is -2.39. The first-order valence-electron chi connectivity index (χ1n) is 12.3. The molecule has 2 heterocycles. The lowest BCUT2D eigenvalue weighted by Crippen LogP contribution is -2.37. The second-order valence-electron chi connectivity index (χ2n) is 10.9. The second-order valence-corrected chi connectivity index (χ2v) is 10.9. The Morgan fingerprint density at radius 2 is 1.79 bits per heavy atom. The van der Waals surface area contributed by atoms with Gasteiger partial charge in [-0.05, 0) is 95.2 Å². The molecule has 0 bridgehead atoms. The highest BCUT2D eigenvalue weighted by molar-refractivity contribution is 5.94. The van der Waals surface area contributed by atoms with E-state index in [0.717, 1.165) is 42.4 Å². The van der Waals surface area contributed by atoms with Gasteiger partial charge in [0, 0.05) is 24.2 Å². The lowest BCUT2D eigenvalue weighted by atomic mass is 9.87. The highest BCUT2D eigenvalue weighted by Gasteiger charge is 2.31. The molecular weight excluding hydrogens is 427 g/mol. The number of rotatable bonds is 4. The van der Waals surface area contributed by atoms with Crippen LogP contribution in [0.2, 0.25) is 0 Å². The van der Waals surface area contributed by atoms with E-state index in [1.54, 1.807) is 4.57 Å². The molecule has 34 heavy (non-hydrogen) atoms. The van der Waals surface area contributed by atoms with Crippen LogP contribution in [0.5, 0.6) is 0 Å². The van der Waals surface area contributed by atoms with Crippen LogP contribution in [0.1, 0.15) is 67.5 Å². The van der Waals surface area contributed by atoms with E-state index < -0.39 is 5.60 Å². The van der Waals surface area contributed by atoms with Crippen LogP contribution in [0.4, 0.5) is 9.18 Å². The summed E-state index contributed by atoms with van der Waals surface area (Å²) in [4.78, 5) is 15.4. The largest absolute Gasteiger partial charge is 0.443 e. The van der Waals surface area contributed by atoms with E-state index >= 15 is 0 Å². The number of hydrogen-bond donors (Lipinski definition) is 0. The molecule has 4 nitrogen and oxygen atoms in total. The SMILES string of the molecule is Cc1ccc(C2CC(CF)CCN2Cc2c(C)cc(C)c3c2ccn3C(=O)OC(C)(C)C)cc1. The number of carbonyl (C=O) groups excluding carboxylic acids is 1. The second kappa shape index (κ2) is 9.53. The molecule has 0 radical (unpaired) electrons. The number of halogens is 1. The summed E-state index contributed by atoms with van der Waals surface area (Å²) in [7, 11) is 0. The Hall–Kier alpha value is -2.66. The van der Waals surface area contributed by atoms with Gasteiger partial charge in [-0.15, -0.1) is 0 Å². The zero-order chi connectivity index (χ0) is 24.6. The third kappa shape index (κ3) is 5.05. The standard InChI is InChI=1S/C29H37FN2O2/c1-19-7-9-23(10-8-19)26-16-22(17-30)11-13-31(26)18-25-20(2)15-21(3)27-24(25)12-14-32(27)28(33)34-29(4,5)6/h7-10,12,14-15,22,26H,11,13,16-18H2,1-6H3. The first-order chi connectivity index (χ1) is 16.1. The highest BCUT2D eigenvalue weighted by atomic mass is 19.1. The lowest BCUT2D eigenvalue weighted by molar-refractivity contribution is 0.0544. The maximum absolute atomic E-state index is 13.6. The van der Waals surface area contributed by atoms with Gasteiger partial charge in [0.05, 0.1) is 12.2 Å². The minimum Gasteiger partial charge on any atom is -0.443 e. The summed E-state index contributed by atoms with van der Waals surface area (Å²) < 4.78 is 20.9. The number of ether oxygens (including phenoxy) is 1. The fourth-order valence-corrected chi connectivity index (χ4v) is 5.20. The zero-order valence-electron chi connectivity index (χ0n) is 21.3. The van der Waals surface area contributed by atoms with E-state index in [4.69, 9.17) is 4.74 Å². The summed E-state index contributed by atoms with van der Waals surface area (Å²) in [5.41, 5.74) is 6.31. The zero-order valence-corrected chi connectivity index (χ0v) is 21.3. The number of hydrogen-bond acceptors (Lipinski definition) is 3. The van der Waals surface area contributed by atoms with E-state index in [-0.39, 0.29) is 24.7 Å². The summed E-state index contributed by atoms with van der Waals surface area (Å²) in [5.74, 6) is 0.106. The van der Waals surface area contributed by atoms with Crippen LogP contribution in [-0.4, -0.2) is 34.4 Å². The summed E-state index contributed by atoms with van der Waals surface area (Å²) in [6.07, 6.45) is 3.15. The third-order valence-electron chi connectivity index (χ3n) is 6.95. The normalized spacial score (nSPS) is 19.5. The van der Waals surface area contributed by atoms with Crippen molar-refractivity contribution >= 4 is 17.0 Å². The van der Waals surface area contributed by atoms with E-state index in [1.165, 1.54) is 22.3 Å². The molecule has 0 aliphatic carbocycles. The quantitative estimate of drug-likeness (QED) is 0.407. The molecule has 2 aromatic carbocycles. The molecule has 2 atom stereocenters. The monoisotopic (exact) mass is 464 g/mol. The average molecular weight is 465 g/mol. The van der Waals surface area contributed by atoms with Gasteiger partial charge in [0.15, 0.2) is 0 Å². The van der Waals surface area contributed by atoms with Crippen molar-refractivity contribution in [2.75, 3.05) is 13.2 Å². The smallest absolute Gasteiger partial charge is 0.418 e. The molecule has 0 amide bonds. The van der Waals surface area contributed by atoms with Gasteiger partial charge in [-0.1, -0.05) is 35.9 Å². The van der Waals surface area contributed by atoms with Gasteiger partial charge in [-0.2, -0.15) is 0 Å². The summed E-state index contributed by atoms with van der Waals surface area (Å²) in [6.45, 7) is 13.3. The maximum Gasteiger partial charge on any atom is 0.418 e. The number of nitrogens with zero attached hydrogens (tertiary/aromatic N) is 2. The van der Waals surface area contributed by atoms with E-state index in [2.05, 4.69) is 49.1 Å². The van der Waals surface area contributed by atoms with Crippen molar-refractivity contribution in [1.82, 2.24) is 9.47 Å². The fourth-order valence-electron chi connectivity index (χ4n) is 5.20. The van der Waals surface area contributed by atoms with E-state index in [0.29, 0.717) is 0 Å². The molecule has 2 unspecified atom stereocenters. The molecule has 4 rings (SSSR count). The first-order valence-corrected chi connectivity index (χ1v) is 12.3. The number of piperidine rings is 1. The summed E-state index contributed by atoms with van der Waals surface area (Å²) in [5, 5.41) is 1.08. The molecule has 0 spiro atoms.